The van der Waals surface area contributed by atoms with E-state index in [-0.39, 0.29) is 17.6 Å². The Balaban J connectivity index is 1.44. The summed E-state index contributed by atoms with van der Waals surface area (Å²) in [7, 11) is 1.44. The second-order valence-corrected chi connectivity index (χ2v) is 9.00. The van der Waals surface area contributed by atoms with E-state index in [0.29, 0.717) is 35.2 Å². The van der Waals surface area contributed by atoms with Gasteiger partial charge in [0.25, 0.3) is 5.56 Å². The molecule has 0 amide bonds. The number of aromatic amines is 1. The van der Waals surface area contributed by atoms with Crippen LogP contribution in [-0.2, 0) is 16.1 Å². The van der Waals surface area contributed by atoms with Crippen molar-refractivity contribution in [3.8, 4) is 5.69 Å². The van der Waals surface area contributed by atoms with E-state index in [1.807, 2.05) is 30.3 Å². The average Bonchev–Trinajstić information content (AvgIpc) is 3.45. The zero-order chi connectivity index (χ0) is 22.1. The van der Waals surface area contributed by atoms with Crippen molar-refractivity contribution in [2.24, 2.45) is 11.8 Å². The number of rotatable bonds is 5. The van der Waals surface area contributed by atoms with E-state index in [9.17, 15) is 9.59 Å². The molecule has 1 saturated carbocycles. The third-order valence-electron chi connectivity index (χ3n) is 7.07. The lowest BCUT2D eigenvalue weighted by atomic mass is 9.79. The highest BCUT2D eigenvalue weighted by atomic mass is 16.5. The highest BCUT2D eigenvalue weighted by molar-refractivity contribution is 5.76. The molecule has 0 unspecified atom stereocenters. The Bertz CT molecular complexity index is 1150. The van der Waals surface area contributed by atoms with Crippen LogP contribution in [0.4, 0.5) is 0 Å². The lowest BCUT2D eigenvalue weighted by molar-refractivity contribution is -0.146. The Hall–Kier alpha value is -3.00. The molecule has 8 nitrogen and oxygen atoms in total. The number of H-pyrrole nitrogens is 1. The number of ether oxygens (including phenoxy) is 1. The van der Waals surface area contributed by atoms with Crippen LogP contribution in [0.1, 0.15) is 44.3 Å². The molecule has 2 fully saturated rings. The predicted octanol–water partition coefficient (Wildman–Crippen LogP) is 3.05. The number of para-hydroxylation sites is 1. The zero-order valence-electron chi connectivity index (χ0n) is 18.4. The second kappa shape index (κ2) is 8.86. The number of nitrogens with one attached hydrogen (secondary N) is 1. The molecule has 1 N–H and O–H groups in total. The fourth-order valence-electron chi connectivity index (χ4n) is 5.43. The van der Waals surface area contributed by atoms with Gasteiger partial charge in [-0.3, -0.25) is 14.5 Å². The molecule has 2 atom stereocenters. The molecule has 0 radical (unpaired) electrons. The Kier molecular flexibility index (Phi) is 5.78. The molecule has 2 aromatic heterocycles. The van der Waals surface area contributed by atoms with Gasteiger partial charge < -0.3 is 9.72 Å². The molecule has 1 aromatic carbocycles. The van der Waals surface area contributed by atoms with E-state index >= 15 is 0 Å². The molecule has 0 spiro atoms. The van der Waals surface area contributed by atoms with Gasteiger partial charge in [0.2, 0.25) is 0 Å². The minimum absolute atomic E-state index is 0.207. The Labute approximate surface area is 186 Å². The molecule has 32 heavy (non-hydrogen) atoms. The maximum Gasteiger partial charge on any atom is 0.323 e. The number of carbonyl (C=O) groups excluding carboxylic acids is 1. The van der Waals surface area contributed by atoms with Crippen LogP contribution in [0, 0.1) is 11.8 Å². The summed E-state index contributed by atoms with van der Waals surface area (Å²) in [6, 6.07) is 9.34. The number of esters is 1. The van der Waals surface area contributed by atoms with Crippen molar-refractivity contribution in [2.75, 3.05) is 13.7 Å². The summed E-state index contributed by atoms with van der Waals surface area (Å²) >= 11 is 0. The van der Waals surface area contributed by atoms with E-state index in [1.54, 1.807) is 10.9 Å². The Morgan fingerprint density at radius 2 is 1.94 bits per heavy atom. The predicted molar refractivity (Wildman–Crippen MR) is 120 cm³/mol. The Morgan fingerprint density at radius 3 is 2.69 bits per heavy atom. The van der Waals surface area contributed by atoms with Crippen molar-refractivity contribution >= 4 is 17.0 Å². The van der Waals surface area contributed by atoms with Gasteiger partial charge in [-0.2, -0.15) is 5.10 Å². The SMILES string of the molecule is COC(=O)[C@@H]1C[C@@H](C2CCCCC2)CN1Cc1nc2c(cnn2-c2ccccc2)c(=O)[nH]1. The molecule has 1 aliphatic carbocycles. The summed E-state index contributed by atoms with van der Waals surface area (Å²) in [5.74, 6) is 1.47. The highest BCUT2D eigenvalue weighted by Gasteiger charge is 2.41. The third kappa shape index (κ3) is 3.95. The van der Waals surface area contributed by atoms with Crippen LogP contribution in [0.25, 0.3) is 16.7 Å². The molecule has 8 heteroatoms. The van der Waals surface area contributed by atoms with Crippen molar-refractivity contribution in [2.45, 2.75) is 51.1 Å². The normalized spacial score (nSPS) is 22.4. The van der Waals surface area contributed by atoms with E-state index < -0.39 is 0 Å². The second-order valence-electron chi connectivity index (χ2n) is 9.00. The molecular formula is C24H29N5O3. The Morgan fingerprint density at radius 1 is 1.16 bits per heavy atom. The lowest BCUT2D eigenvalue weighted by Gasteiger charge is -2.27. The zero-order valence-corrected chi connectivity index (χ0v) is 18.4. The summed E-state index contributed by atoms with van der Waals surface area (Å²) in [4.78, 5) is 35.1. The fraction of sp³-hybridized carbons (Fsp3) is 0.500. The van der Waals surface area contributed by atoms with Crippen molar-refractivity contribution in [1.82, 2.24) is 24.6 Å². The molecular weight excluding hydrogens is 406 g/mol. The maximum absolute atomic E-state index is 12.7. The standard InChI is InChI=1S/C24H29N5O3/c1-32-24(31)20-12-17(16-8-4-2-5-9-16)14-28(20)15-21-26-22-19(23(30)27-21)13-25-29(22)18-10-6-3-7-11-18/h3,6-7,10-11,13,16-17,20H,2,4-5,8-9,12,14-15H2,1H3,(H,26,27,30)/t17-,20+/m1/s1. The van der Waals surface area contributed by atoms with Gasteiger partial charge in [-0.05, 0) is 30.4 Å². The first kappa shape index (κ1) is 20.9. The number of benzene rings is 1. The van der Waals surface area contributed by atoms with Crippen molar-refractivity contribution in [1.29, 1.82) is 0 Å². The van der Waals surface area contributed by atoms with Crippen molar-refractivity contribution < 1.29 is 9.53 Å². The van der Waals surface area contributed by atoms with Gasteiger partial charge in [-0.25, -0.2) is 9.67 Å². The third-order valence-corrected chi connectivity index (χ3v) is 7.07. The first-order valence-corrected chi connectivity index (χ1v) is 11.5. The van der Waals surface area contributed by atoms with Gasteiger partial charge in [0.15, 0.2) is 5.65 Å². The quantitative estimate of drug-likeness (QED) is 0.619. The molecule has 3 heterocycles. The van der Waals surface area contributed by atoms with Gasteiger partial charge in [0, 0.05) is 6.54 Å². The fourth-order valence-corrected chi connectivity index (χ4v) is 5.43. The smallest absolute Gasteiger partial charge is 0.323 e. The van der Waals surface area contributed by atoms with Crippen LogP contribution in [0.3, 0.4) is 0 Å². The van der Waals surface area contributed by atoms with Gasteiger partial charge in [-0.15, -0.1) is 0 Å². The molecule has 1 aliphatic heterocycles. The largest absolute Gasteiger partial charge is 0.468 e. The van der Waals surface area contributed by atoms with Crippen LogP contribution in [0.2, 0.25) is 0 Å². The average molecular weight is 436 g/mol. The molecule has 168 valence electrons. The van der Waals surface area contributed by atoms with Crippen molar-refractivity contribution in [3.63, 3.8) is 0 Å². The minimum Gasteiger partial charge on any atom is -0.468 e. The number of fused-ring (bicyclic) bond motifs is 1. The highest BCUT2D eigenvalue weighted by Crippen LogP contribution is 2.38. The van der Waals surface area contributed by atoms with Crippen LogP contribution in [0.15, 0.2) is 41.3 Å². The van der Waals surface area contributed by atoms with Crippen LogP contribution in [-0.4, -0.2) is 50.3 Å². The van der Waals surface area contributed by atoms with E-state index in [1.165, 1.54) is 39.2 Å². The summed E-state index contributed by atoms with van der Waals surface area (Å²) in [6.45, 7) is 1.22. The molecule has 1 saturated heterocycles. The monoisotopic (exact) mass is 435 g/mol. The van der Waals surface area contributed by atoms with Crippen LogP contribution in [0.5, 0.6) is 0 Å². The number of methoxy groups -OCH3 is 1. The van der Waals surface area contributed by atoms with Crippen LogP contribution < -0.4 is 5.56 Å². The summed E-state index contributed by atoms with van der Waals surface area (Å²) in [5.41, 5.74) is 1.15. The summed E-state index contributed by atoms with van der Waals surface area (Å²) in [6.07, 6.45) is 8.70. The van der Waals surface area contributed by atoms with Gasteiger partial charge in [-0.1, -0.05) is 50.3 Å². The molecule has 5 rings (SSSR count). The molecule has 2 aliphatic rings. The minimum atomic E-state index is -0.299. The topological polar surface area (TPSA) is 93.1 Å². The van der Waals surface area contributed by atoms with E-state index in [0.717, 1.165) is 18.7 Å². The van der Waals surface area contributed by atoms with Gasteiger partial charge in [0.05, 0.1) is 25.5 Å². The number of likely N-dealkylation sites (tertiary alicyclic amines) is 1. The number of hydrogen-bond donors (Lipinski definition) is 1. The van der Waals surface area contributed by atoms with Crippen molar-refractivity contribution in [3.05, 3.63) is 52.7 Å². The maximum atomic E-state index is 12.7. The number of nitrogens with zero attached hydrogens (tertiary/aromatic N) is 4. The number of aromatic nitrogens is 4. The van der Waals surface area contributed by atoms with E-state index in [2.05, 4.69) is 15.0 Å². The summed E-state index contributed by atoms with van der Waals surface area (Å²) in [5, 5.41) is 4.82. The molecule has 0 bridgehead atoms. The summed E-state index contributed by atoms with van der Waals surface area (Å²) < 4.78 is 6.79. The first-order chi connectivity index (χ1) is 15.6. The van der Waals surface area contributed by atoms with Crippen LogP contribution >= 0.6 is 0 Å². The molecule has 3 aromatic rings. The number of hydrogen-bond acceptors (Lipinski definition) is 6. The lowest BCUT2D eigenvalue weighted by Crippen LogP contribution is -2.37. The van der Waals surface area contributed by atoms with Gasteiger partial charge >= 0.3 is 5.97 Å². The van der Waals surface area contributed by atoms with E-state index in [4.69, 9.17) is 9.72 Å². The number of carbonyl (C=O) groups is 1. The van der Waals surface area contributed by atoms with Gasteiger partial charge in [0.1, 0.15) is 17.3 Å². The first-order valence-electron chi connectivity index (χ1n) is 11.5.